The van der Waals surface area contributed by atoms with Crippen molar-refractivity contribution in [3.05, 3.63) is 97.2 Å². The Kier molecular flexibility index (Phi) is 55.9. The van der Waals surface area contributed by atoms with E-state index < -0.39 is 6.10 Å². The van der Waals surface area contributed by atoms with E-state index in [1.54, 1.807) is 0 Å². The maximum atomic E-state index is 12.9. The molecule has 0 aliphatic rings. The summed E-state index contributed by atoms with van der Waals surface area (Å²) >= 11 is 0. The van der Waals surface area contributed by atoms with E-state index in [4.69, 9.17) is 14.2 Å². The number of rotatable bonds is 53. The third kappa shape index (κ3) is 57.1. The fourth-order valence-electron chi connectivity index (χ4n) is 8.19. The summed E-state index contributed by atoms with van der Waals surface area (Å²) in [4.78, 5) is 38.2. The maximum Gasteiger partial charge on any atom is 0.306 e. The monoisotopic (exact) mass is 987 g/mol. The highest BCUT2D eigenvalue weighted by molar-refractivity contribution is 5.71. The lowest BCUT2D eigenvalue weighted by molar-refractivity contribution is -0.167. The minimum atomic E-state index is -0.785. The summed E-state index contributed by atoms with van der Waals surface area (Å²) in [7, 11) is 0. The molecule has 0 fully saturated rings. The van der Waals surface area contributed by atoms with Crippen molar-refractivity contribution in [2.45, 2.75) is 284 Å². The highest BCUT2D eigenvalue weighted by Crippen LogP contribution is 2.16. The SMILES string of the molecule is CC/C=C\C/C=C\C/C=C\C/C=C\CCCCCCCCCCC(=O)OCC(COC(=O)CCCCCCCCCCCCC)OC(=O)CCCCCCCCCC/C=C\C/C=C\C/C=C\C/C=C\CC. The van der Waals surface area contributed by atoms with Gasteiger partial charge in [-0.3, -0.25) is 14.4 Å². The van der Waals surface area contributed by atoms with Crippen molar-refractivity contribution in [2.75, 3.05) is 13.2 Å². The summed E-state index contributed by atoms with van der Waals surface area (Å²) in [6, 6.07) is 0. The Balaban J connectivity index is 4.35. The van der Waals surface area contributed by atoms with Crippen LogP contribution in [0.25, 0.3) is 0 Å². The fourth-order valence-corrected chi connectivity index (χ4v) is 8.19. The van der Waals surface area contributed by atoms with Gasteiger partial charge in [-0.15, -0.1) is 0 Å². The molecule has 0 aromatic rings. The van der Waals surface area contributed by atoms with E-state index in [-0.39, 0.29) is 31.1 Å². The van der Waals surface area contributed by atoms with Crippen LogP contribution in [0.2, 0.25) is 0 Å². The van der Waals surface area contributed by atoms with Crippen molar-refractivity contribution in [1.82, 2.24) is 0 Å². The minimum Gasteiger partial charge on any atom is -0.462 e. The summed E-state index contributed by atoms with van der Waals surface area (Å²) in [6.45, 7) is 6.41. The Labute approximate surface area is 438 Å². The number of hydrogen-bond acceptors (Lipinski definition) is 6. The van der Waals surface area contributed by atoms with Crippen LogP contribution in [0, 0.1) is 0 Å². The fraction of sp³-hybridized carbons (Fsp3) is 0.708. The molecule has 0 rings (SSSR count). The average molecular weight is 988 g/mol. The van der Waals surface area contributed by atoms with E-state index in [1.807, 2.05) is 0 Å². The smallest absolute Gasteiger partial charge is 0.306 e. The van der Waals surface area contributed by atoms with E-state index in [0.29, 0.717) is 19.3 Å². The molecule has 6 heteroatoms. The molecule has 1 unspecified atom stereocenters. The van der Waals surface area contributed by atoms with Crippen molar-refractivity contribution in [2.24, 2.45) is 0 Å². The first kappa shape index (κ1) is 67.3. The molecule has 0 heterocycles. The molecule has 0 saturated carbocycles. The molecule has 0 amide bonds. The Bertz CT molecular complexity index is 1410. The quantitative estimate of drug-likeness (QED) is 0.0261. The number of carbonyl (C=O) groups is 3. The van der Waals surface area contributed by atoms with Gasteiger partial charge in [0.15, 0.2) is 6.10 Å². The van der Waals surface area contributed by atoms with Crippen molar-refractivity contribution in [3.63, 3.8) is 0 Å². The molecule has 0 aliphatic carbocycles. The van der Waals surface area contributed by atoms with Gasteiger partial charge in [-0.2, -0.15) is 0 Å². The van der Waals surface area contributed by atoms with Crippen LogP contribution in [-0.2, 0) is 28.6 Å². The van der Waals surface area contributed by atoms with Crippen molar-refractivity contribution < 1.29 is 28.6 Å². The van der Waals surface area contributed by atoms with Gasteiger partial charge in [0.2, 0.25) is 0 Å². The lowest BCUT2D eigenvalue weighted by Crippen LogP contribution is -2.30. The van der Waals surface area contributed by atoms with Crippen LogP contribution >= 0.6 is 0 Å². The van der Waals surface area contributed by atoms with E-state index in [1.165, 1.54) is 116 Å². The molecule has 0 saturated heterocycles. The van der Waals surface area contributed by atoms with Gasteiger partial charge >= 0.3 is 17.9 Å². The van der Waals surface area contributed by atoms with Gasteiger partial charge in [-0.1, -0.05) is 259 Å². The zero-order chi connectivity index (χ0) is 51.4. The Morgan fingerprint density at radius 2 is 0.549 bits per heavy atom. The molecule has 1 atom stereocenters. The van der Waals surface area contributed by atoms with E-state index >= 15 is 0 Å². The number of unbranched alkanes of at least 4 members (excludes halogenated alkanes) is 26. The van der Waals surface area contributed by atoms with Gasteiger partial charge in [-0.25, -0.2) is 0 Å². The molecule has 406 valence electrons. The molecule has 0 radical (unpaired) electrons. The summed E-state index contributed by atoms with van der Waals surface area (Å²) in [5, 5.41) is 0. The van der Waals surface area contributed by atoms with E-state index in [2.05, 4.69) is 118 Å². The van der Waals surface area contributed by atoms with Gasteiger partial charge in [-0.05, 0) is 96.3 Å². The first-order valence-corrected chi connectivity index (χ1v) is 29.7. The molecule has 0 aromatic carbocycles. The van der Waals surface area contributed by atoms with Crippen LogP contribution in [0.1, 0.15) is 278 Å². The molecule has 71 heavy (non-hydrogen) atoms. The molecule has 6 nitrogen and oxygen atoms in total. The minimum absolute atomic E-state index is 0.0817. The van der Waals surface area contributed by atoms with Gasteiger partial charge in [0, 0.05) is 19.3 Å². The van der Waals surface area contributed by atoms with Crippen LogP contribution in [0.4, 0.5) is 0 Å². The molecule has 0 N–H and O–H groups in total. The normalized spacial score (nSPS) is 12.8. The molecule has 0 spiro atoms. The Morgan fingerprint density at radius 3 is 0.859 bits per heavy atom. The van der Waals surface area contributed by atoms with Gasteiger partial charge in [0.05, 0.1) is 0 Å². The van der Waals surface area contributed by atoms with Crippen LogP contribution in [0.5, 0.6) is 0 Å². The summed E-state index contributed by atoms with van der Waals surface area (Å²) in [6.07, 6.45) is 78.3. The lowest BCUT2D eigenvalue weighted by atomic mass is 10.1. The summed E-state index contributed by atoms with van der Waals surface area (Å²) in [5.41, 5.74) is 0. The second-order valence-corrected chi connectivity index (χ2v) is 19.5. The van der Waals surface area contributed by atoms with Crippen LogP contribution in [0.15, 0.2) is 97.2 Å². The Hall–Kier alpha value is -3.67. The Morgan fingerprint density at radius 1 is 0.296 bits per heavy atom. The predicted octanol–water partition coefficient (Wildman–Crippen LogP) is 20.1. The molecular formula is C65H110O6. The first-order chi connectivity index (χ1) is 35.0. The van der Waals surface area contributed by atoms with E-state index in [9.17, 15) is 14.4 Å². The molecular weight excluding hydrogens is 877 g/mol. The third-order valence-corrected chi connectivity index (χ3v) is 12.6. The van der Waals surface area contributed by atoms with Gasteiger partial charge < -0.3 is 14.2 Å². The average Bonchev–Trinajstić information content (AvgIpc) is 3.37. The van der Waals surface area contributed by atoms with Crippen molar-refractivity contribution >= 4 is 17.9 Å². The molecule has 0 aliphatic heterocycles. The number of allylic oxidation sites excluding steroid dienone is 16. The highest BCUT2D eigenvalue weighted by atomic mass is 16.6. The van der Waals surface area contributed by atoms with Crippen molar-refractivity contribution in [3.8, 4) is 0 Å². The zero-order valence-electron chi connectivity index (χ0n) is 46.5. The van der Waals surface area contributed by atoms with Gasteiger partial charge in [0.25, 0.3) is 0 Å². The zero-order valence-corrected chi connectivity index (χ0v) is 46.5. The standard InChI is InChI=1S/C65H110O6/c1-4-7-10-13-16-19-22-24-26-28-30-32-34-36-38-40-43-46-49-52-55-58-64(67)70-61-62(60-69-63(66)57-54-51-48-45-42-21-18-15-12-9-6-3)71-65(68)59-56-53-50-47-44-41-39-37-35-33-31-29-27-25-23-20-17-14-11-8-5-2/h7-8,10-11,16-17,19-20,24-27,30-33,62H,4-6,9,12-15,18,21-23,28-29,34-61H2,1-3H3/b10-7-,11-8-,19-16-,20-17-,26-24-,27-25-,32-30-,33-31-. The van der Waals surface area contributed by atoms with Crippen LogP contribution in [0.3, 0.4) is 0 Å². The largest absolute Gasteiger partial charge is 0.462 e. The number of ether oxygens (including phenoxy) is 3. The number of carbonyl (C=O) groups excluding carboxylic acids is 3. The first-order valence-electron chi connectivity index (χ1n) is 29.7. The molecule has 0 aromatic heterocycles. The second-order valence-electron chi connectivity index (χ2n) is 19.5. The number of hydrogen-bond donors (Lipinski definition) is 0. The van der Waals surface area contributed by atoms with Crippen LogP contribution in [-0.4, -0.2) is 37.2 Å². The molecule has 0 bridgehead atoms. The topological polar surface area (TPSA) is 78.9 Å². The summed E-state index contributed by atoms with van der Waals surface area (Å²) in [5.74, 6) is -0.893. The van der Waals surface area contributed by atoms with Crippen molar-refractivity contribution in [1.29, 1.82) is 0 Å². The lowest BCUT2D eigenvalue weighted by Gasteiger charge is -2.18. The van der Waals surface area contributed by atoms with E-state index in [0.717, 1.165) is 122 Å². The second kappa shape index (κ2) is 58.9. The van der Waals surface area contributed by atoms with Gasteiger partial charge in [0.1, 0.15) is 13.2 Å². The predicted molar refractivity (Wildman–Crippen MR) is 307 cm³/mol. The third-order valence-electron chi connectivity index (χ3n) is 12.6. The van der Waals surface area contributed by atoms with Crippen LogP contribution < -0.4 is 0 Å². The summed E-state index contributed by atoms with van der Waals surface area (Å²) < 4.78 is 16.9. The number of esters is 3. The maximum absolute atomic E-state index is 12.9. The highest BCUT2D eigenvalue weighted by Gasteiger charge is 2.19.